The van der Waals surface area contributed by atoms with Crippen LogP contribution in [-0.4, -0.2) is 18.2 Å². The van der Waals surface area contributed by atoms with Crippen LogP contribution >= 0.6 is 0 Å². The number of carboxylic acids is 1. The molecule has 1 aromatic rings. The molecule has 0 aromatic heterocycles. The number of benzene rings is 1. The number of hydrogen-bond acceptors (Lipinski definition) is 2. The van der Waals surface area contributed by atoms with Gasteiger partial charge in [0.15, 0.2) is 0 Å². The highest BCUT2D eigenvalue weighted by Gasteiger charge is 2.25. The van der Waals surface area contributed by atoms with Crippen molar-refractivity contribution in [3.63, 3.8) is 0 Å². The largest absolute Gasteiger partial charge is 0.496 e. The summed E-state index contributed by atoms with van der Waals surface area (Å²) in [5.74, 6) is -0.118. The predicted molar refractivity (Wildman–Crippen MR) is 71.9 cm³/mol. The smallest absolute Gasteiger partial charge is 0.307 e. The van der Waals surface area contributed by atoms with Crippen LogP contribution in [0.2, 0.25) is 0 Å². The van der Waals surface area contributed by atoms with E-state index in [4.69, 9.17) is 4.74 Å². The first kappa shape index (κ1) is 14.6. The lowest BCUT2D eigenvalue weighted by molar-refractivity contribution is -0.143. The molecule has 1 N–H and O–H groups in total. The molecule has 1 rings (SSSR count). The van der Waals surface area contributed by atoms with E-state index in [2.05, 4.69) is 6.92 Å². The van der Waals surface area contributed by atoms with Gasteiger partial charge in [-0.2, -0.15) is 0 Å². The fourth-order valence-corrected chi connectivity index (χ4v) is 2.30. The zero-order valence-electron chi connectivity index (χ0n) is 11.3. The second kappa shape index (κ2) is 7.04. The number of carbonyl (C=O) groups is 1. The summed E-state index contributed by atoms with van der Waals surface area (Å²) in [7, 11) is 1.62. The SMILES string of the molecule is CCCC(C)C(Cc1ccccc1OC)C(=O)O. The van der Waals surface area contributed by atoms with Gasteiger partial charge in [0.05, 0.1) is 13.0 Å². The Hall–Kier alpha value is -1.51. The Kier molecular flexibility index (Phi) is 5.69. The minimum Gasteiger partial charge on any atom is -0.496 e. The molecule has 0 radical (unpaired) electrons. The van der Waals surface area contributed by atoms with Crippen molar-refractivity contribution in [1.82, 2.24) is 0 Å². The number of hydrogen-bond donors (Lipinski definition) is 1. The third kappa shape index (κ3) is 3.76. The Morgan fingerprint density at radius 1 is 1.39 bits per heavy atom. The van der Waals surface area contributed by atoms with Crippen molar-refractivity contribution in [1.29, 1.82) is 0 Å². The van der Waals surface area contributed by atoms with Crippen LogP contribution in [-0.2, 0) is 11.2 Å². The van der Waals surface area contributed by atoms with E-state index in [1.165, 1.54) is 0 Å². The number of carboxylic acid groups (broad SMARTS) is 1. The number of para-hydroxylation sites is 1. The molecule has 0 heterocycles. The third-order valence-electron chi connectivity index (χ3n) is 3.38. The van der Waals surface area contributed by atoms with Crippen LogP contribution in [0.3, 0.4) is 0 Å². The summed E-state index contributed by atoms with van der Waals surface area (Å²) in [5, 5.41) is 9.35. The monoisotopic (exact) mass is 250 g/mol. The molecule has 18 heavy (non-hydrogen) atoms. The Bertz CT molecular complexity index is 387. The Labute approximate surface area is 109 Å². The fourth-order valence-electron chi connectivity index (χ4n) is 2.30. The van der Waals surface area contributed by atoms with Gasteiger partial charge in [0, 0.05) is 0 Å². The first-order valence-electron chi connectivity index (χ1n) is 6.44. The van der Waals surface area contributed by atoms with Crippen molar-refractivity contribution in [3.8, 4) is 5.75 Å². The van der Waals surface area contributed by atoms with Crippen molar-refractivity contribution in [2.24, 2.45) is 11.8 Å². The van der Waals surface area contributed by atoms with Crippen molar-refractivity contribution in [2.45, 2.75) is 33.1 Å². The summed E-state index contributed by atoms with van der Waals surface area (Å²) in [4.78, 5) is 11.4. The molecule has 2 unspecified atom stereocenters. The zero-order chi connectivity index (χ0) is 13.5. The van der Waals surface area contributed by atoms with Gasteiger partial charge in [-0.15, -0.1) is 0 Å². The number of rotatable bonds is 7. The summed E-state index contributed by atoms with van der Waals surface area (Å²) in [6, 6.07) is 7.63. The highest BCUT2D eigenvalue weighted by Crippen LogP contribution is 2.26. The Morgan fingerprint density at radius 2 is 2.06 bits per heavy atom. The van der Waals surface area contributed by atoms with Gasteiger partial charge < -0.3 is 9.84 Å². The van der Waals surface area contributed by atoms with E-state index < -0.39 is 5.97 Å². The average molecular weight is 250 g/mol. The van der Waals surface area contributed by atoms with Crippen LogP contribution in [0, 0.1) is 11.8 Å². The lowest BCUT2D eigenvalue weighted by Crippen LogP contribution is -2.24. The Balaban J connectivity index is 2.86. The number of methoxy groups -OCH3 is 1. The molecule has 0 fully saturated rings. The van der Waals surface area contributed by atoms with Gasteiger partial charge in [-0.3, -0.25) is 4.79 Å². The molecule has 0 bridgehead atoms. The van der Waals surface area contributed by atoms with Crippen molar-refractivity contribution in [3.05, 3.63) is 29.8 Å². The van der Waals surface area contributed by atoms with Gasteiger partial charge in [0.25, 0.3) is 0 Å². The maximum Gasteiger partial charge on any atom is 0.307 e. The fraction of sp³-hybridized carbons (Fsp3) is 0.533. The van der Waals surface area contributed by atoms with E-state index in [0.717, 1.165) is 24.2 Å². The van der Waals surface area contributed by atoms with Crippen LogP contribution in [0.25, 0.3) is 0 Å². The average Bonchev–Trinajstić information content (AvgIpc) is 2.36. The molecule has 100 valence electrons. The minimum absolute atomic E-state index is 0.178. The lowest BCUT2D eigenvalue weighted by Gasteiger charge is -2.20. The van der Waals surface area contributed by atoms with Gasteiger partial charge in [0.2, 0.25) is 0 Å². The van der Waals surface area contributed by atoms with E-state index in [1.807, 2.05) is 31.2 Å². The van der Waals surface area contributed by atoms with Crippen molar-refractivity contribution >= 4 is 5.97 Å². The molecular formula is C15H22O3. The van der Waals surface area contributed by atoms with E-state index >= 15 is 0 Å². The zero-order valence-corrected chi connectivity index (χ0v) is 11.3. The molecule has 0 spiro atoms. The van der Waals surface area contributed by atoms with Crippen LogP contribution < -0.4 is 4.74 Å². The van der Waals surface area contributed by atoms with Gasteiger partial charge in [-0.05, 0) is 24.0 Å². The summed E-state index contributed by atoms with van der Waals surface area (Å²) in [6.45, 7) is 4.09. The maximum absolute atomic E-state index is 11.4. The molecule has 0 aliphatic heterocycles. The molecule has 3 heteroatoms. The lowest BCUT2D eigenvalue weighted by atomic mass is 9.85. The quantitative estimate of drug-likeness (QED) is 0.807. The molecule has 0 amide bonds. The molecule has 0 aliphatic rings. The van der Waals surface area contributed by atoms with Crippen LogP contribution in [0.1, 0.15) is 32.3 Å². The van der Waals surface area contributed by atoms with E-state index in [9.17, 15) is 9.90 Å². The molecule has 3 nitrogen and oxygen atoms in total. The van der Waals surface area contributed by atoms with Gasteiger partial charge in [0.1, 0.15) is 5.75 Å². The van der Waals surface area contributed by atoms with E-state index in [0.29, 0.717) is 6.42 Å². The third-order valence-corrected chi connectivity index (χ3v) is 3.38. The predicted octanol–water partition coefficient (Wildman–Crippen LogP) is 3.37. The van der Waals surface area contributed by atoms with Gasteiger partial charge in [-0.25, -0.2) is 0 Å². The second-order valence-corrected chi connectivity index (χ2v) is 4.73. The van der Waals surface area contributed by atoms with Crippen LogP contribution in [0.15, 0.2) is 24.3 Å². The Morgan fingerprint density at radius 3 is 2.61 bits per heavy atom. The summed E-state index contributed by atoms with van der Waals surface area (Å²) in [6.07, 6.45) is 2.48. The summed E-state index contributed by atoms with van der Waals surface area (Å²) >= 11 is 0. The molecule has 0 saturated carbocycles. The molecular weight excluding hydrogens is 228 g/mol. The van der Waals surface area contributed by atoms with Crippen LogP contribution in [0.5, 0.6) is 5.75 Å². The van der Waals surface area contributed by atoms with Crippen molar-refractivity contribution < 1.29 is 14.6 Å². The number of aliphatic carboxylic acids is 1. The first-order valence-corrected chi connectivity index (χ1v) is 6.44. The molecule has 0 saturated heterocycles. The van der Waals surface area contributed by atoms with Crippen LogP contribution in [0.4, 0.5) is 0 Å². The standard InChI is InChI=1S/C15H22O3/c1-4-7-11(2)13(15(16)17)10-12-8-5-6-9-14(12)18-3/h5-6,8-9,11,13H,4,7,10H2,1-3H3,(H,16,17). The normalized spacial score (nSPS) is 13.9. The maximum atomic E-state index is 11.4. The van der Waals surface area contributed by atoms with Gasteiger partial charge in [-0.1, -0.05) is 44.9 Å². The summed E-state index contributed by atoms with van der Waals surface area (Å²) in [5.41, 5.74) is 0.968. The molecule has 2 atom stereocenters. The second-order valence-electron chi connectivity index (χ2n) is 4.73. The topological polar surface area (TPSA) is 46.5 Å². The molecule has 0 aliphatic carbocycles. The minimum atomic E-state index is -0.721. The highest BCUT2D eigenvalue weighted by atomic mass is 16.5. The van der Waals surface area contributed by atoms with E-state index in [1.54, 1.807) is 7.11 Å². The number of ether oxygens (including phenoxy) is 1. The first-order chi connectivity index (χ1) is 8.60. The van der Waals surface area contributed by atoms with Gasteiger partial charge >= 0.3 is 5.97 Å². The summed E-state index contributed by atoms with van der Waals surface area (Å²) < 4.78 is 5.27. The molecule has 1 aromatic carbocycles. The highest BCUT2D eigenvalue weighted by molar-refractivity contribution is 5.71. The van der Waals surface area contributed by atoms with Crippen molar-refractivity contribution in [2.75, 3.05) is 7.11 Å². The van der Waals surface area contributed by atoms with E-state index in [-0.39, 0.29) is 11.8 Å².